The fraction of sp³-hybridized carbons (Fsp3) is 0.500. The van der Waals surface area contributed by atoms with Crippen LogP contribution in [-0.2, 0) is 23.7 Å². The topological polar surface area (TPSA) is 26.0 Å². The average Bonchev–Trinajstić information content (AvgIpc) is 2.59. The summed E-state index contributed by atoms with van der Waals surface area (Å²) in [5.41, 5.74) is 16.6. The maximum Gasteiger partial charge on any atom is 0.0396 e. The van der Waals surface area contributed by atoms with Crippen molar-refractivity contribution in [3.8, 4) is 11.1 Å². The van der Waals surface area contributed by atoms with Gasteiger partial charge in [0.15, 0.2) is 0 Å². The third-order valence-corrected chi connectivity index (χ3v) is 6.71. The number of nitrogen functional groups attached to an aromatic ring is 1. The molecule has 0 aliphatic heterocycles. The van der Waals surface area contributed by atoms with Crippen LogP contribution in [0, 0.1) is 0 Å². The summed E-state index contributed by atoms with van der Waals surface area (Å²) < 4.78 is 0. The van der Waals surface area contributed by atoms with Crippen molar-refractivity contribution >= 4 is 5.69 Å². The lowest BCUT2D eigenvalue weighted by atomic mass is 9.63. The zero-order chi connectivity index (χ0) is 17.8. The Morgan fingerprint density at radius 2 is 1.48 bits per heavy atom. The van der Waals surface area contributed by atoms with Crippen molar-refractivity contribution in [3.05, 3.63) is 52.6 Å². The van der Waals surface area contributed by atoms with Gasteiger partial charge < -0.3 is 5.73 Å². The smallest absolute Gasteiger partial charge is 0.0396 e. The lowest BCUT2D eigenvalue weighted by molar-refractivity contribution is 0.332. The summed E-state index contributed by atoms with van der Waals surface area (Å²) in [4.78, 5) is 0. The first kappa shape index (κ1) is 16.7. The molecule has 1 nitrogen and oxygen atoms in total. The van der Waals surface area contributed by atoms with Gasteiger partial charge >= 0.3 is 0 Å². The molecule has 0 radical (unpaired) electrons. The molecule has 0 bridgehead atoms. The van der Waals surface area contributed by atoms with Gasteiger partial charge in [-0.05, 0) is 83.2 Å². The van der Waals surface area contributed by atoms with E-state index in [-0.39, 0.29) is 10.8 Å². The van der Waals surface area contributed by atoms with Crippen molar-refractivity contribution in [2.24, 2.45) is 0 Å². The fourth-order valence-electron chi connectivity index (χ4n) is 4.93. The highest BCUT2D eigenvalue weighted by Gasteiger charge is 2.37. The SMILES string of the molecule is CC1(C)CCC(C)(C)c2cc(-c3c(N)ccc4c3CCCC4)ccc21. The Morgan fingerprint density at radius 3 is 2.24 bits per heavy atom. The number of hydrogen-bond acceptors (Lipinski definition) is 1. The molecule has 0 saturated heterocycles. The standard InChI is InChI=1S/C24H31N/c1-23(2)13-14-24(3,4)20-15-17(9-11-19(20)23)22-18-8-6-5-7-16(18)10-12-21(22)25/h9-12,15H,5-8,13-14,25H2,1-4H3. The lowest BCUT2D eigenvalue weighted by Gasteiger charge is -2.42. The molecule has 2 N–H and O–H groups in total. The number of rotatable bonds is 1. The average molecular weight is 334 g/mol. The van der Waals surface area contributed by atoms with E-state index in [1.54, 1.807) is 0 Å². The van der Waals surface area contributed by atoms with Crippen molar-refractivity contribution in [3.63, 3.8) is 0 Å². The van der Waals surface area contributed by atoms with E-state index >= 15 is 0 Å². The molecule has 2 aromatic rings. The number of hydrogen-bond donors (Lipinski definition) is 1. The monoisotopic (exact) mass is 333 g/mol. The highest BCUT2D eigenvalue weighted by atomic mass is 14.6. The van der Waals surface area contributed by atoms with E-state index in [1.165, 1.54) is 71.9 Å². The largest absolute Gasteiger partial charge is 0.398 e. The van der Waals surface area contributed by atoms with E-state index in [0.29, 0.717) is 0 Å². The molecule has 0 fully saturated rings. The second kappa shape index (κ2) is 5.62. The van der Waals surface area contributed by atoms with Gasteiger partial charge in [-0.25, -0.2) is 0 Å². The van der Waals surface area contributed by atoms with Crippen molar-refractivity contribution in [2.45, 2.75) is 77.0 Å². The molecule has 0 saturated carbocycles. The Bertz CT molecular complexity index is 826. The van der Waals surface area contributed by atoms with Crippen LogP contribution in [0.4, 0.5) is 5.69 Å². The minimum atomic E-state index is 0.241. The number of anilines is 1. The third kappa shape index (κ3) is 2.69. The molecule has 2 aromatic carbocycles. The lowest BCUT2D eigenvalue weighted by Crippen LogP contribution is -2.33. The Hall–Kier alpha value is -1.76. The Labute approximate surface area is 152 Å². The highest BCUT2D eigenvalue weighted by molar-refractivity contribution is 5.81. The zero-order valence-electron chi connectivity index (χ0n) is 16.2. The molecule has 1 heteroatoms. The minimum absolute atomic E-state index is 0.241. The van der Waals surface area contributed by atoms with Crippen LogP contribution >= 0.6 is 0 Å². The first-order valence-corrected chi connectivity index (χ1v) is 9.85. The van der Waals surface area contributed by atoms with Gasteiger partial charge in [0, 0.05) is 11.3 Å². The van der Waals surface area contributed by atoms with Gasteiger partial charge in [-0.3, -0.25) is 0 Å². The van der Waals surface area contributed by atoms with E-state index in [9.17, 15) is 0 Å². The Kier molecular flexibility index (Phi) is 3.76. The van der Waals surface area contributed by atoms with E-state index in [2.05, 4.69) is 58.0 Å². The van der Waals surface area contributed by atoms with Crippen molar-refractivity contribution in [1.29, 1.82) is 0 Å². The molecule has 0 amide bonds. The van der Waals surface area contributed by atoms with Gasteiger partial charge in [0.1, 0.15) is 0 Å². The van der Waals surface area contributed by atoms with Crippen molar-refractivity contribution in [1.82, 2.24) is 0 Å². The zero-order valence-corrected chi connectivity index (χ0v) is 16.2. The van der Waals surface area contributed by atoms with Crippen LogP contribution < -0.4 is 5.73 Å². The summed E-state index contributed by atoms with van der Waals surface area (Å²) in [6, 6.07) is 11.5. The van der Waals surface area contributed by atoms with Crippen LogP contribution in [0.2, 0.25) is 0 Å². The van der Waals surface area contributed by atoms with Crippen molar-refractivity contribution < 1.29 is 0 Å². The molecule has 4 rings (SSSR count). The first-order chi connectivity index (χ1) is 11.8. The maximum absolute atomic E-state index is 6.47. The molecular weight excluding hydrogens is 302 g/mol. The molecular formula is C24H31N. The van der Waals surface area contributed by atoms with Crippen LogP contribution in [0.5, 0.6) is 0 Å². The fourth-order valence-corrected chi connectivity index (χ4v) is 4.93. The summed E-state index contributed by atoms with van der Waals surface area (Å²) in [6.45, 7) is 9.57. The predicted octanol–water partition coefficient (Wildman–Crippen LogP) is 6.16. The normalized spacial score (nSPS) is 20.6. The summed E-state index contributed by atoms with van der Waals surface area (Å²) in [5, 5.41) is 0. The van der Waals surface area contributed by atoms with Gasteiger partial charge in [-0.15, -0.1) is 0 Å². The molecule has 0 spiro atoms. The maximum atomic E-state index is 6.47. The molecule has 0 aromatic heterocycles. The van der Waals surface area contributed by atoms with E-state index in [4.69, 9.17) is 5.73 Å². The van der Waals surface area contributed by atoms with Gasteiger partial charge in [-0.1, -0.05) is 52.0 Å². The summed E-state index contributed by atoms with van der Waals surface area (Å²) in [5.74, 6) is 0. The number of nitrogens with two attached hydrogens (primary N) is 1. The van der Waals surface area contributed by atoms with Crippen LogP contribution in [0.3, 0.4) is 0 Å². The molecule has 132 valence electrons. The van der Waals surface area contributed by atoms with E-state index < -0.39 is 0 Å². The van der Waals surface area contributed by atoms with Crippen LogP contribution in [0.1, 0.15) is 75.6 Å². The number of benzene rings is 2. The van der Waals surface area contributed by atoms with Crippen LogP contribution in [-0.4, -0.2) is 0 Å². The Morgan fingerprint density at radius 1 is 0.800 bits per heavy atom. The molecule has 25 heavy (non-hydrogen) atoms. The highest BCUT2D eigenvalue weighted by Crippen LogP contribution is 2.47. The molecule has 0 heterocycles. The van der Waals surface area contributed by atoms with Crippen LogP contribution in [0.15, 0.2) is 30.3 Å². The summed E-state index contributed by atoms with van der Waals surface area (Å²) in [6.07, 6.45) is 7.47. The van der Waals surface area contributed by atoms with Gasteiger partial charge in [0.25, 0.3) is 0 Å². The summed E-state index contributed by atoms with van der Waals surface area (Å²) in [7, 11) is 0. The number of fused-ring (bicyclic) bond motifs is 2. The number of aryl methyl sites for hydroxylation is 1. The van der Waals surface area contributed by atoms with Crippen molar-refractivity contribution in [2.75, 3.05) is 5.73 Å². The third-order valence-electron chi connectivity index (χ3n) is 6.71. The van der Waals surface area contributed by atoms with Gasteiger partial charge in [-0.2, -0.15) is 0 Å². The van der Waals surface area contributed by atoms with Crippen LogP contribution in [0.25, 0.3) is 11.1 Å². The quantitative estimate of drug-likeness (QED) is 0.621. The van der Waals surface area contributed by atoms with Gasteiger partial charge in [0.05, 0.1) is 0 Å². The first-order valence-electron chi connectivity index (χ1n) is 9.85. The minimum Gasteiger partial charge on any atom is -0.398 e. The van der Waals surface area contributed by atoms with E-state index in [1.807, 2.05) is 0 Å². The van der Waals surface area contributed by atoms with E-state index in [0.717, 1.165) is 5.69 Å². The van der Waals surface area contributed by atoms with Gasteiger partial charge in [0.2, 0.25) is 0 Å². The second-order valence-electron chi connectivity index (χ2n) is 9.40. The predicted molar refractivity (Wildman–Crippen MR) is 108 cm³/mol. The molecule has 0 unspecified atom stereocenters. The second-order valence-corrected chi connectivity index (χ2v) is 9.40. The molecule has 2 aliphatic carbocycles. The Balaban J connectivity index is 1.92. The summed E-state index contributed by atoms with van der Waals surface area (Å²) >= 11 is 0. The molecule has 0 atom stereocenters. The molecule has 2 aliphatic rings.